The molecule has 120 valence electrons. The van der Waals surface area contributed by atoms with Crippen LogP contribution < -0.4 is 5.32 Å². The van der Waals surface area contributed by atoms with Crippen molar-refractivity contribution in [3.8, 4) is 0 Å². The zero-order valence-electron chi connectivity index (χ0n) is 13.3. The lowest BCUT2D eigenvalue weighted by atomic mass is 10.0. The van der Waals surface area contributed by atoms with E-state index in [0.717, 1.165) is 56.4 Å². The molecule has 0 aromatic rings. The number of hydrogen-bond donors (Lipinski definition) is 2. The van der Waals surface area contributed by atoms with Crippen LogP contribution in [0.25, 0.3) is 0 Å². The van der Waals surface area contributed by atoms with Crippen LogP contribution in [0.1, 0.15) is 46.0 Å². The Bertz CT molecular complexity index is 387. The van der Waals surface area contributed by atoms with E-state index in [1.54, 1.807) is 6.26 Å². The van der Waals surface area contributed by atoms with Crippen LogP contribution in [0.3, 0.4) is 0 Å². The van der Waals surface area contributed by atoms with Gasteiger partial charge >= 0.3 is 0 Å². The molecule has 1 fully saturated rings. The number of hydrogen-bond acceptors (Lipinski definition) is 4. The Morgan fingerprint density at radius 3 is 2.71 bits per heavy atom. The number of carbonyl (C=O) groups is 2. The average Bonchev–Trinajstić information content (AvgIpc) is 2.40. The number of thioether (sulfide) groups is 1. The second-order valence-corrected chi connectivity index (χ2v) is 6.78. The summed E-state index contributed by atoms with van der Waals surface area (Å²) in [6.07, 6.45) is 5.68. The number of nitrogens with one attached hydrogen (secondary N) is 2. The molecule has 0 aromatic carbocycles. The van der Waals surface area contributed by atoms with Crippen molar-refractivity contribution in [3.63, 3.8) is 0 Å². The molecule has 5 nitrogen and oxygen atoms in total. The molecule has 1 rings (SSSR count). The van der Waals surface area contributed by atoms with Crippen molar-refractivity contribution in [2.75, 3.05) is 19.3 Å². The average molecular weight is 313 g/mol. The molecule has 0 spiro atoms. The maximum absolute atomic E-state index is 11.7. The van der Waals surface area contributed by atoms with Crippen LogP contribution in [0, 0.1) is 11.3 Å². The summed E-state index contributed by atoms with van der Waals surface area (Å²) in [6.45, 7) is 5.98. The van der Waals surface area contributed by atoms with Gasteiger partial charge in [-0.15, -0.1) is 0 Å². The van der Waals surface area contributed by atoms with E-state index in [1.165, 1.54) is 0 Å². The van der Waals surface area contributed by atoms with Gasteiger partial charge in [0, 0.05) is 25.6 Å². The molecule has 2 unspecified atom stereocenters. The Balaban J connectivity index is 2.29. The molecular weight excluding hydrogens is 286 g/mol. The van der Waals surface area contributed by atoms with Gasteiger partial charge in [0.15, 0.2) is 5.12 Å². The largest absolute Gasteiger partial charge is 0.360 e. The number of piperidine rings is 1. The molecule has 0 radical (unpaired) electrons. The number of likely N-dealkylation sites (tertiary alicyclic amines) is 1. The summed E-state index contributed by atoms with van der Waals surface area (Å²) in [5.41, 5.74) is 0. The maximum atomic E-state index is 11.7. The molecule has 1 amide bonds. The van der Waals surface area contributed by atoms with E-state index >= 15 is 0 Å². The van der Waals surface area contributed by atoms with E-state index in [4.69, 9.17) is 5.41 Å². The highest BCUT2D eigenvalue weighted by Gasteiger charge is 2.19. The van der Waals surface area contributed by atoms with Gasteiger partial charge in [-0.25, -0.2) is 0 Å². The van der Waals surface area contributed by atoms with Crippen LogP contribution >= 0.6 is 11.8 Å². The van der Waals surface area contributed by atoms with Gasteiger partial charge in [0.2, 0.25) is 5.91 Å². The zero-order chi connectivity index (χ0) is 15.8. The van der Waals surface area contributed by atoms with Crippen LogP contribution in [-0.4, -0.2) is 47.1 Å². The van der Waals surface area contributed by atoms with Crippen LogP contribution in [0.15, 0.2) is 0 Å². The molecule has 1 aliphatic heterocycles. The minimum Gasteiger partial charge on any atom is -0.360 e. The quantitative estimate of drug-likeness (QED) is 0.707. The second kappa shape index (κ2) is 9.07. The van der Waals surface area contributed by atoms with Gasteiger partial charge in [-0.1, -0.05) is 18.7 Å². The molecule has 6 heteroatoms. The summed E-state index contributed by atoms with van der Waals surface area (Å²) in [7, 11) is 0. The van der Waals surface area contributed by atoms with Crippen molar-refractivity contribution < 1.29 is 9.59 Å². The van der Waals surface area contributed by atoms with Crippen molar-refractivity contribution in [2.24, 2.45) is 5.92 Å². The number of rotatable bonds is 7. The van der Waals surface area contributed by atoms with Crippen LogP contribution in [0.5, 0.6) is 0 Å². The molecule has 1 aliphatic rings. The standard InChI is InChI=1S/C15H27N3O2S/c1-11(10-18-7-5-4-6-13(18)16)8-12(2)17-14(19)9-15(20)21-3/h11-12,16H,4-10H2,1-3H3,(H,17,19). The van der Waals surface area contributed by atoms with Crippen molar-refractivity contribution in [2.45, 2.75) is 52.0 Å². The third-order valence-electron chi connectivity index (χ3n) is 3.70. The minimum absolute atomic E-state index is 0.0450. The summed E-state index contributed by atoms with van der Waals surface area (Å²) in [5.74, 6) is 0.963. The van der Waals surface area contributed by atoms with E-state index in [1.807, 2.05) is 6.92 Å². The summed E-state index contributed by atoms with van der Waals surface area (Å²) in [5, 5.41) is 10.7. The van der Waals surface area contributed by atoms with Crippen LogP contribution in [0.2, 0.25) is 0 Å². The van der Waals surface area contributed by atoms with Gasteiger partial charge < -0.3 is 10.2 Å². The van der Waals surface area contributed by atoms with E-state index in [0.29, 0.717) is 5.92 Å². The van der Waals surface area contributed by atoms with Gasteiger partial charge in [0.05, 0.1) is 12.3 Å². The third kappa shape index (κ3) is 6.98. The molecule has 0 aliphatic carbocycles. The number of amides is 1. The normalized spacial score (nSPS) is 18.2. The fourth-order valence-corrected chi connectivity index (χ4v) is 3.01. The van der Waals surface area contributed by atoms with Gasteiger partial charge in [-0.3, -0.25) is 15.0 Å². The van der Waals surface area contributed by atoms with Crippen molar-refractivity contribution in [1.82, 2.24) is 10.2 Å². The van der Waals surface area contributed by atoms with Gasteiger partial charge in [0.1, 0.15) is 0 Å². The molecule has 1 heterocycles. The predicted molar refractivity (Wildman–Crippen MR) is 87.7 cm³/mol. The van der Waals surface area contributed by atoms with Gasteiger partial charge in [0.25, 0.3) is 0 Å². The lowest BCUT2D eigenvalue weighted by Gasteiger charge is -2.32. The van der Waals surface area contributed by atoms with E-state index < -0.39 is 0 Å². The fraction of sp³-hybridized carbons (Fsp3) is 0.800. The molecule has 21 heavy (non-hydrogen) atoms. The summed E-state index contributed by atoms with van der Waals surface area (Å²) in [4.78, 5) is 25.0. The Hall–Kier alpha value is -1.04. The van der Waals surface area contributed by atoms with Crippen LogP contribution in [0.4, 0.5) is 0 Å². The predicted octanol–water partition coefficient (Wildman–Crippen LogP) is 2.26. The van der Waals surface area contributed by atoms with Gasteiger partial charge in [-0.05, 0) is 38.4 Å². The monoisotopic (exact) mass is 313 g/mol. The molecule has 0 aromatic heterocycles. The lowest BCUT2D eigenvalue weighted by Crippen LogP contribution is -2.40. The highest BCUT2D eigenvalue weighted by Crippen LogP contribution is 2.15. The molecule has 2 N–H and O–H groups in total. The SMILES string of the molecule is CSC(=O)CC(=O)NC(C)CC(C)CN1CCCCC1=N. The maximum Gasteiger partial charge on any atom is 0.228 e. The van der Waals surface area contributed by atoms with Gasteiger partial charge in [-0.2, -0.15) is 0 Å². The highest BCUT2D eigenvalue weighted by molar-refractivity contribution is 8.13. The number of carbonyl (C=O) groups excluding carboxylic acids is 2. The molecule has 0 saturated carbocycles. The van der Waals surface area contributed by atoms with E-state index in [-0.39, 0.29) is 23.5 Å². The first-order valence-corrected chi connectivity index (χ1v) is 8.83. The van der Waals surface area contributed by atoms with Crippen molar-refractivity contribution in [1.29, 1.82) is 5.41 Å². The van der Waals surface area contributed by atoms with E-state index in [9.17, 15) is 9.59 Å². The van der Waals surface area contributed by atoms with Crippen molar-refractivity contribution >= 4 is 28.6 Å². The first-order chi connectivity index (χ1) is 9.92. The molecular formula is C15H27N3O2S. The summed E-state index contributed by atoms with van der Waals surface area (Å²) < 4.78 is 0. The number of amidine groups is 1. The molecule has 2 atom stereocenters. The first kappa shape index (κ1) is 18.0. The summed E-state index contributed by atoms with van der Waals surface area (Å²) >= 11 is 1.09. The fourth-order valence-electron chi connectivity index (χ4n) is 2.73. The molecule has 0 bridgehead atoms. The minimum atomic E-state index is -0.195. The second-order valence-electron chi connectivity index (χ2n) is 5.91. The lowest BCUT2D eigenvalue weighted by molar-refractivity contribution is -0.125. The van der Waals surface area contributed by atoms with Crippen molar-refractivity contribution in [3.05, 3.63) is 0 Å². The third-order valence-corrected chi connectivity index (χ3v) is 4.30. The smallest absolute Gasteiger partial charge is 0.228 e. The van der Waals surface area contributed by atoms with E-state index in [2.05, 4.69) is 17.1 Å². The Kier molecular flexibility index (Phi) is 7.78. The number of nitrogens with zero attached hydrogens (tertiary/aromatic N) is 1. The first-order valence-electron chi connectivity index (χ1n) is 7.61. The van der Waals surface area contributed by atoms with Crippen LogP contribution in [-0.2, 0) is 9.59 Å². The Labute approximate surface area is 131 Å². The zero-order valence-corrected chi connectivity index (χ0v) is 14.1. The molecule has 1 saturated heterocycles. The highest BCUT2D eigenvalue weighted by atomic mass is 32.2. The summed E-state index contributed by atoms with van der Waals surface area (Å²) in [6, 6.07) is 0.0566. The Morgan fingerprint density at radius 2 is 2.10 bits per heavy atom. The Morgan fingerprint density at radius 1 is 1.38 bits per heavy atom. The topological polar surface area (TPSA) is 73.3 Å².